The summed E-state index contributed by atoms with van der Waals surface area (Å²) in [5.41, 5.74) is 3.97. The highest BCUT2D eigenvalue weighted by molar-refractivity contribution is 5.96. The molecule has 0 radical (unpaired) electrons. The second kappa shape index (κ2) is 7.81. The second-order valence-electron chi connectivity index (χ2n) is 7.02. The first-order valence-corrected chi connectivity index (χ1v) is 8.94. The molecule has 0 saturated carbocycles. The van der Waals surface area contributed by atoms with Crippen molar-refractivity contribution in [3.8, 4) is 0 Å². The number of carboxylic acid groups (broad SMARTS) is 1. The Morgan fingerprint density at radius 2 is 1.92 bits per heavy atom. The molecule has 1 aromatic rings. The van der Waals surface area contributed by atoms with Crippen LogP contribution in [0.5, 0.6) is 0 Å². The van der Waals surface area contributed by atoms with Gasteiger partial charge in [0.2, 0.25) is 5.69 Å². The normalized spacial score (nSPS) is 15.2. The van der Waals surface area contributed by atoms with Crippen molar-refractivity contribution in [2.75, 3.05) is 13.2 Å². The van der Waals surface area contributed by atoms with Gasteiger partial charge < -0.3 is 9.84 Å². The van der Waals surface area contributed by atoms with E-state index >= 15 is 0 Å². The van der Waals surface area contributed by atoms with Gasteiger partial charge in [-0.2, -0.15) is 4.58 Å². The third-order valence-electron chi connectivity index (χ3n) is 5.05. The van der Waals surface area contributed by atoms with E-state index in [2.05, 4.69) is 25.3 Å². The number of nitrogens with zero attached hydrogens (tertiary/aromatic N) is 1. The molecule has 0 atom stereocenters. The first-order chi connectivity index (χ1) is 11.8. The summed E-state index contributed by atoms with van der Waals surface area (Å²) in [6.07, 6.45) is 2.78. The van der Waals surface area contributed by atoms with Crippen molar-refractivity contribution in [2.24, 2.45) is 0 Å². The lowest BCUT2D eigenvalue weighted by Crippen LogP contribution is -2.26. The summed E-state index contributed by atoms with van der Waals surface area (Å²) in [5, 5.41) is 8.72. The minimum atomic E-state index is -0.734. The number of hydrogen-bond donors (Lipinski definition) is 1. The first kappa shape index (κ1) is 19.2. The molecule has 0 spiro atoms. The molecule has 1 aliphatic heterocycles. The van der Waals surface area contributed by atoms with E-state index in [0.717, 1.165) is 30.6 Å². The van der Waals surface area contributed by atoms with Gasteiger partial charge in [-0.05, 0) is 45.7 Å². The summed E-state index contributed by atoms with van der Waals surface area (Å²) >= 11 is 0. The number of unbranched alkanes of at least 4 members (excludes halogenated alkanes) is 2. The highest BCUT2D eigenvalue weighted by Gasteiger charge is 2.43. The smallest absolute Gasteiger partial charge is 0.338 e. The van der Waals surface area contributed by atoms with Gasteiger partial charge in [0.1, 0.15) is 6.54 Å². The Hall–Kier alpha value is -2.17. The van der Waals surface area contributed by atoms with Crippen molar-refractivity contribution in [1.82, 2.24) is 0 Å². The van der Waals surface area contributed by atoms with Crippen molar-refractivity contribution in [1.29, 1.82) is 0 Å². The van der Waals surface area contributed by atoms with Crippen LogP contribution >= 0.6 is 0 Å². The molecule has 136 valence electrons. The topological polar surface area (TPSA) is 66.6 Å². The molecule has 1 heterocycles. The summed E-state index contributed by atoms with van der Waals surface area (Å²) in [5.74, 6) is -1.02. The van der Waals surface area contributed by atoms with Gasteiger partial charge >= 0.3 is 11.9 Å². The number of rotatable bonds is 8. The predicted molar refractivity (Wildman–Crippen MR) is 97.0 cm³/mol. The van der Waals surface area contributed by atoms with Crippen LogP contribution < -0.4 is 0 Å². The third kappa shape index (κ3) is 4.09. The lowest BCUT2D eigenvalue weighted by atomic mass is 9.81. The van der Waals surface area contributed by atoms with Crippen LogP contribution in [-0.4, -0.2) is 40.5 Å². The van der Waals surface area contributed by atoms with Crippen molar-refractivity contribution >= 4 is 23.3 Å². The van der Waals surface area contributed by atoms with Gasteiger partial charge in [-0.15, -0.1) is 0 Å². The molecule has 0 amide bonds. The second-order valence-corrected chi connectivity index (χ2v) is 7.02. The molecule has 0 unspecified atom stereocenters. The van der Waals surface area contributed by atoms with Crippen LogP contribution in [0.3, 0.4) is 0 Å². The molecule has 0 fully saturated rings. The third-order valence-corrected chi connectivity index (χ3v) is 5.05. The van der Waals surface area contributed by atoms with E-state index < -0.39 is 5.97 Å². The monoisotopic (exact) mass is 346 g/mol. The standard InChI is InChI=1S/C20H27NO4/c1-5-25-19(24)15-10-11-17-16(13-15)20(3,4)14(2)21(17)12-8-6-7-9-18(22)23/h10-11,13H,5-9,12H2,1-4H3/p+1. The maximum atomic E-state index is 12.0. The van der Waals surface area contributed by atoms with Crippen LogP contribution in [-0.2, 0) is 14.9 Å². The Morgan fingerprint density at radius 1 is 1.20 bits per heavy atom. The quantitative estimate of drug-likeness (QED) is 0.440. The highest BCUT2D eigenvalue weighted by Crippen LogP contribution is 2.40. The molecule has 0 bridgehead atoms. The van der Waals surface area contributed by atoms with E-state index in [1.54, 1.807) is 6.92 Å². The van der Waals surface area contributed by atoms with Crippen LogP contribution in [0.2, 0.25) is 0 Å². The zero-order valence-corrected chi connectivity index (χ0v) is 15.6. The number of hydrogen-bond acceptors (Lipinski definition) is 3. The summed E-state index contributed by atoms with van der Waals surface area (Å²) in [4.78, 5) is 22.6. The number of ether oxygens (including phenoxy) is 1. The van der Waals surface area contributed by atoms with Gasteiger partial charge in [0.15, 0.2) is 5.71 Å². The van der Waals surface area contributed by atoms with Crippen molar-refractivity contribution in [3.63, 3.8) is 0 Å². The molecule has 2 rings (SSSR count). The summed E-state index contributed by atoms with van der Waals surface area (Å²) in [6, 6.07) is 5.77. The van der Waals surface area contributed by atoms with Crippen LogP contribution in [0, 0.1) is 0 Å². The predicted octanol–water partition coefficient (Wildman–Crippen LogP) is 3.90. The van der Waals surface area contributed by atoms with Crippen LogP contribution in [0.1, 0.15) is 69.3 Å². The van der Waals surface area contributed by atoms with Crippen LogP contribution in [0.25, 0.3) is 0 Å². The number of aliphatic carboxylic acids is 1. The fourth-order valence-electron chi connectivity index (χ4n) is 3.34. The Balaban J connectivity index is 2.17. The molecule has 1 aliphatic rings. The maximum Gasteiger partial charge on any atom is 0.338 e. The van der Waals surface area contributed by atoms with Crippen molar-refractivity contribution < 1.29 is 24.0 Å². The minimum Gasteiger partial charge on any atom is -0.481 e. The van der Waals surface area contributed by atoms with E-state index in [4.69, 9.17) is 9.84 Å². The lowest BCUT2D eigenvalue weighted by Gasteiger charge is -2.15. The first-order valence-electron chi connectivity index (χ1n) is 8.94. The van der Waals surface area contributed by atoms with Gasteiger partial charge in [0.25, 0.3) is 0 Å². The Labute approximate surface area is 149 Å². The molecule has 0 aliphatic carbocycles. The Morgan fingerprint density at radius 3 is 2.56 bits per heavy atom. The van der Waals surface area contributed by atoms with E-state index in [1.165, 1.54) is 5.71 Å². The highest BCUT2D eigenvalue weighted by atomic mass is 16.5. The summed E-state index contributed by atoms with van der Waals surface area (Å²) < 4.78 is 7.41. The number of esters is 1. The fraction of sp³-hybridized carbons (Fsp3) is 0.550. The number of carboxylic acids is 1. The average Bonchev–Trinajstić information content (AvgIpc) is 2.74. The molecule has 5 heteroatoms. The molecule has 1 aromatic carbocycles. The zero-order chi connectivity index (χ0) is 18.6. The molecule has 5 nitrogen and oxygen atoms in total. The van der Waals surface area contributed by atoms with Crippen LogP contribution in [0.4, 0.5) is 5.69 Å². The van der Waals surface area contributed by atoms with Crippen molar-refractivity contribution in [3.05, 3.63) is 29.3 Å². The van der Waals surface area contributed by atoms with E-state index in [9.17, 15) is 9.59 Å². The van der Waals surface area contributed by atoms with Crippen molar-refractivity contribution in [2.45, 2.75) is 58.8 Å². The minimum absolute atomic E-state index is 0.140. The molecule has 0 saturated heterocycles. The SMILES string of the molecule is CCOC(=O)c1ccc2c(c1)C(C)(C)C(C)=[N+]2CCCCCC(=O)O. The molecule has 0 aromatic heterocycles. The Kier molecular flexibility index (Phi) is 5.98. The summed E-state index contributed by atoms with van der Waals surface area (Å²) in [6.45, 7) is 9.50. The number of carbonyl (C=O) groups is 2. The van der Waals surface area contributed by atoms with Gasteiger partial charge in [-0.1, -0.05) is 0 Å². The van der Waals surface area contributed by atoms with E-state index in [0.29, 0.717) is 18.6 Å². The molecular formula is C20H28NO4+. The zero-order valence-electron chi connectivity index (χ0n) is 15.6. The molecular weight excluding hydrogens is 318 g/mol. The number of fused-ring (bicyclic) bond motifs is 1. The van der Waals surface area contributed by atoms with Gasteiger partial charge in [-0.25, -0.2) is 4.79 Å². The molecule has 1 N–H and O–H groups in total. The lowest BCUT2D eigenvalue weighted by molar-refractivity contribution is -0.439. The number of carbonyl (C=O) groups excluding carboxylic acids is 1. The Bertz CT molecular complexity index is 704. The maximum absolute atomic E-state index is 12.0. The average molecular weight is 346 g/mol. The largest absolute Gasteiger partial charge is 0.481 e. The summed E-state index contributed by atoms with van der Waals surface area (Å²) in [7, 11) is 0. The van der Waals surface area contributed by atoms with E-state index in [-0.39, 0.29) is 17.8 Å². The fourth-order valence-corrected chi connectivity index (χ4v) is 3.34. The van der Waals surface area contributed by atoms with E-state index in [1.807, 2.05) is 18.2 Å². The van der Waals surface area contributed by atoms with Gasteiger partial charge in [-0.3, -0.25) is 4.79 Å². The molecule has 25 heavy (non-hydrogen) atoms. The van der Waals surface area contributed by atoms with Gasteiger partial charge in [0.05, 0.1) is 17.6 Å². The van der Waals surface area contributed by atoms with Crippen LogP contribution in [0.15, 0.2) is 18.2 Å². The van der Waals surface area contributed by atoms with Gasteiger partial charge in [0, 0.05) is 31.4 Å². The number of benzene rings is 1.